The Morgan fingerprint density at radius 3 is 2.65 bits per heavy atom. The zero-order valence-corrected chi connectivity index (χ0v) is 17.3. The first kappa shape index (κ1) is 18.2. The molecule has 2 heterocycles. The number of halogens is 1. The molecule has 4 rings (SSSR count). The van der Waals surface area contributed by atoms with Gasteiger partial charge < -0.3 is 5.32 Å². The van der Waals surface area contributed by atoms with Gasteiger partial charge in [-0.25, -0.2) is 0 Å². The summed E-state index contributed by atoms with van der Waals surface area (Å²) >= 11 is 2.22. The molecule has 6 heteroatoms. The Bertz CT molecular complexity index is 775. The van der Waals surface area contributed by atoms with Gasteiger partial charge in [0.2, 0.25) is 0 Å². The number of hydrogen-bond acceptors (Lipinski definition) is 3. The molecule has 2 aliphatic rings. The number of carbonyl (C=O) groups excluding carboxylic acids is 1. The maximum Gasteiger partial charge on any atom is 0.251 e. The van der Waals surface area contributed by atoms with Crippen LogP contribution in [0.1, 0.15) is 61.7 Å². The lowest BCUT2D eigenvalue weighted by Crippen LogP contribution is -2.58. The quantitative estimate of drug-likeness (QED) is 0.668. The summed E-state index contributed by atoms with van der Waals surface area (Å²) in [6.07, 6.45) is 10.3. The van der Waals surface area contributed by atoms with E-state index in [9.17, 15) is 4.79 Å². The third-order valence-corrected chi connectivity index (χ3v) is 6.98. The third kappa shape index (κ3) is 3.63. The number of fused-ring (bicyclic) bond motifs is 1. The highest BCUT2D eigenvalue weighted by Gasteiger charge is 2.38. The first-order valence-electron chi connectivity index (χ1n) is 9.85. The Balaban J connectivity index is 1.48. The maximum absolute atomic E-state index is 12.8. The van der Waals surface area contributed by atoms with Crippen molar-refractivity contribution in [2.24, 2.45) is 0 Å². The highest BCUT2D eigenvalue weighted by atomic mass is 127. The molecule has 1 aliphatic carbocycles. The number of piperidine rings is 1. The van der Waals surface area contributed by atoms with Crippen molar-refractivity contribution >= 4 is 39.4 Å². The van der Waals surface area contributed by atoms with Gasteiger partial charge in [-0.1, -0.05) is 25.7 Å². The van der Waals surface area contributed by atoms with Crippen molar-refractivity contribution < 1.29 is 4.79 Å². The van der Waals surface area contributed by atoms with Crippen LogP contribution in [-0.2, 0) is 0 Å². The Morgan fingerprint density at radius 2 is 1.88 bits per heavy atom. The molecule has 2 fully saturated rings. The monoisotopic (exact) mass is 466 g/mol. The van der Waals surface area contributed by atoms with E-state index in [0.29, 0.717) is 0 Å². The number of likely N-dealkylation sites (tertiary alicyclic amines) is 1. The number of hydrogen-bond donors (Lipinski definition) is 2. The minimum Gasteiger partial charge on any atom is -0.350 e. The van der Waals surface area contributed by atoms with Crippen LogP contribution in [0.4, 0.5) is 0 Å². The SMILES string of the molecule is O=C(NCC1(N2CCCCC2)CCCCC1)c1ccc2n[nH]c(I)c2c1. The van der Waals surface area contributed by atoms with Gasteiger partial charge in [0.05, 0.1) is 5.52 Å². The molecule has 1 aromatic carbocycles. The van der Waals surface area contributed by atoms with Gasteiger partial charge in [0.15, 0.2) is 0 Å². The number of H-pyrrole nitrogens is 1. The number of nitrogens with zero attached hydrogens (tertiary/aromatic N) is 2. The van der Waals surface area contributed by atoms with E-state index in [-0.39, 0.29) is 11.4 Å². The Kier molecular flexibility index (Phi) is 5.50. The summed E-state index contributed by atoms with van der Waals surface area (Å²) in [4.78, 5) is 15.5. The summed E-state index contributed by atoms with van der Waals surface area (Å²) in [6.45, 7) is 3.15. The minimum absolute atomic E-state index is 0.0332. The predicted octanol–water partition coefficient (Wildman–Crippen LogP) is 4.09. The molecule has 1 amide bonds. The van der Waals surface area contributed by atoms with Gasteiger partial charge in [0.1, 0.15) is 3.70 Å². The summed E-state index contributed by atoms with van der Waals surface area (Å²) in [5, 5.41) is 11.5. The molecular formula is C20H27IN4O. The van der Waals surface area contributed by atoms with Gasteiger partial charge in [-0.2, -0.15) is 5.10 Å². The van der Waals surface area contributed by atoms with Crippen molar-refractivity contribution in [1.29, 1.82) is 0 Å². The summed E-state index contributed by atoms with van der Waals surface area (Å²) in [7, 11) is 0. The normalized spacial score (nSPS) is 21.0. The van der Waals surface area contributed by atoms with Gasteiger partial charge in [0, 0.05) is 23.0 Å². The lowest BCUT2D eigenvalue weighted by atomic mass is 9.79. The smallest absolute Gasteiger partial charge is 0.251 e. The lowest BCUT2D eigenvalue weighted by Gasteiger charge is -2.48. The molecule has 0 spiro atoms. The van der Waals surface area contributed by atoms with Gasteiger partial charge in [-0.05, 0) is 79.6 Å². The van der Waals surface area contributed by atoms with E-state index in [1.165, 1.54) is 64.5 Å². The van der Waals surface area contributed by atoms with E-state index in [1.807, 2.05) is 18.2 Å². The number of carbonyl (C=O) groups is 1. The van der Waals surface area contributed by atoms with E-state index >= 15 is 0 Å². The summed E-state index contributed by atoms with van der Waals surface area (Å²) < 4.78 is 0.976. The Hall–Kier alpha value is -1.15. The van der Waals surface area contributed by atoms with Crippen LogP contribution in [0, 0.1) is 3.70 Å². The van der Waals surface area contributed by atoms with Crippen LogP contribution in [0.25, 0.3) is 10.9 Å². The van der Waals surface area contributed by atoms with Gasteiger partial charge >= 0.3 is 0 Å². The van der Waals surface area contributed by atoms with E-state index in [0.717, 1.165) is 26.7 Å². The molecule has 0 unspecified atom stereocenters. The van der Waals surface area contributed by atoms with Crippen LogP contribution >= 0.6 is 22.6 Å². The molecule has 0 bridgehead atoms. The first-order chi connectivity index (χ1) is 12.7. The summed E-state index contributed by atoms with van der Waals surface area (Å²) in [5.74, 6) is 0.0332. The van der Waals surface area contributed by atoms with E-state index in [1.54, 1.807) is 0 Å². The zero-order valence-electron chi connectivity index (χ0n) is 15.2. The van der Waals surface area contributed by atoms with Crippen LogP contribution in [0.15, 0.2) is 18.2 Å². The highest BCUT2D eigenvalue weighted by molar-refractivity contribution is 14.1. The Labute approximate surface area is 168 Å². The number of rotatable bonds is 4. The average molecular weight is 466 g/mol. The topological polar surface area (TPSA) is 61.0 Å². The third-order valence-electron chi connectivity index (χ3n) is 6.16. The molecule has 1 saturated heterocycles. The number of benzene rings is 1. The Morgan fingerprint density at radius 1 is 1.15 bits per heavy atom. The van der Waals surface area contributed by atoms with E-state index < -0.39 is 0 Å². The molecule has 1 saturated carbocycles. The summed E-state index contributed by atoms with van der Waals surface area (Å²) in [6, 6.07) is 5.75. The van der Waals surface area contributed by atoms with Crippen molar-refractivity contribution in [3.63, 3.8) is 0 Å². The molecular weight excluding hydrogens is 439 g/mol. The fourth-order valence-electron chi connectivity index (χ4n) is 4.65. The number of aromatic nitrogens is 2. The molecule has 2 N–H and O–H groups in total. The minimum atomic E-state index is 0.0332. The lowest BCUT2D eigenvalue weighted by molar-refractivity contribution is 0.0326. The molecule has 0 atom stereocenters. The number of nitrogens with one attached hydrogen (secondary N) is 2. The van der Waals surface area contributed by atoms with Crippen LogP contribution in [0.3, 0.4) is 0 Å². The molecule has 26 heavy (non-hydrogen) atoms. The molecule has 2 aromatic rings. The van der Waals surface area contributed by atoms with Crippen molar-refractivity contribution in [2.45, 2.75) is 56.9 Å². The fourth-order valence-corrected chi connectivity index (χ4v) is 5.20. The number of amides is 1. The molecule has 1 aromatic heterocycles. The fraction of sp³-hybridized carbons (Fsp3) is 0.600. The van der Waals surface area contributed by atoms with Crippen LogP contribution in [-0.4, -0.2) is 46.2 Å². The summed E-state index contributed by atoms with van der Waals surface area (Å²) in [5.41, 5.74) is 1.80. The van der Waals surface area contributed by atoms with Crippen LogP contribution in [0.5, 0.6) is 0 Å². The van der Waals surface area contributed by atoms with Crippen LogP contribution in [0.2, 0.25) is 0 Å². The molecule has 1 aliphatic heterocycles. The van der Waals surface area contributed by atoms with Crippen molar-refractivity contribution in [2.75, 3.05) is 19.6 Å². The molecule has 5 nitrogen and oxygen atoms in total. The second-order valence-corrected chi connectivity index (χ2v) is 8.86. The van der Waals surface area contributed by atoms with Gasteiger partial charge in [-0.15, -0.1) is 0 Å². The zero-order chi connectivity index (χ0) is 18.0. The van der Waals surface area contributed by atoms with Gasteiger partial charge in [-0.3, -0.25) is 14.8 Å². The average Bonchev–Trinajstić information content (AvgIpc) is 3.08. The predicted molar refractivity (Wildman–Crippen MR) is 112 cm³/mol. The second kappa shape index (κ2) is 7.84. The highest BCUT2D eigenvalue weighted by Crippen LogP contribution is 2.35. The van der Waals surface area contributed by atoms with E-state index in [4.69, 9.17) is 0 Å². The molecule has 140 valence electrons. The van der Waals surface area contributed by atoms with Crippen molar-refractivity contribution in [3.8, 4) is 0 Å². The number of aromatic amines is 1. The largest absolute Gasteiger partial charge is 0.350 e. The van der Waals surface area contributed by atoms with E-state index in [2.05, 4.69) is 43.0 Å². The van der Waals surface area contributed by atoms with Crippen LogP contribution < -0.4 is 5.32 Å². The second-order valence-electron chi connectivity index (χ2n) is 7.78. The maximum atomic E-state index is 12.8. The molecule has 0 radical (unpaired) electrons. The van der Waals surface area contributed by atoms with Gasteiger partial charge in [0.25, 0.3) is 5.91 Å². The van der Waals surface area contributed by atoms with Crippen molar-refractivity contribution in [3.05, 3.63) is 27.5 Å². The first-order valence-corrected chi connectivity index (χ1v) is 10.9. The standard InChI is InChI=1S/C20H27IN4O/c21-18-16-13-15(7-8-17(16)23-24-18)19(26)22-14-20(9-3-1-4-10-20)25-11-5-2-6-12-25/h7-8,13H,1-6,9-12,14H2,(H,22,26)(H,23,24). The van der Waals surface area contributed by atoms with Crippen molar-refractivity contribution in [1.82, 2.24) is 20.4 Å².